The first-order chi connectivity index (χ1) is 7.11. The zero-order valence-corrected chi connectivity index (χ0v) is 8.02. The van der Waals surface area contributed by atoms with Crippen LogP contribution in [0.2, 0.25) is 0 Å². The predicted molar refractivity (Wildman–Crippen MR) is 47.3 cm³/mol. The summed E-state index contributed by atoms with van der Waals surface area (Å²) in [5.41, 5.74) is -0.0714. The van der Waals surface area contributed by atoms with Crippen molar-refractivity contribution in [2.24, 2.45) is 0 Å². The lowest BCUT2D eigenvalue weighted by atomic mass is 10.1. The van der Waals surface area contributed by atoms with E-state index in [4.69, 9.17) is 0 Å². The van der Waals surface area contributed by atoms with Crippen molar-refractivity contribution in [3.63, 3.8) is 0 Å². The molecule has 0 unspecified atom stereocenters. The molecule has 0 aromatic heterocycles. The predicted octanol–water partition coefficient (Wildman–Crippen LogP) is 2.24. The first-order valence-electron chi connectivity index (χ1n) is 4.25. The topological polar surface area (TPSA) is 26.3 Å². The van der Waals surface area contributed by atoms with Gasteiger partial charge in [0.05, 0.1) is 7.11 Å². The summed E-state index contributed by atoms with van der Waals surface area (Å²) < 4.78 is 43.7. The van der Waals surface area contributed by atoms with Gasteiger partial charge in [0.2, 0.25) is 5.82 Å². The smallest absolute Gasteiger partial charge is 0.203 e. The molecule has 0 N–H and O–H groups in total. The molecule has 0 saturated carbocycles. The summed E-state index contributed by atoms with van der Waals surface area (Å²) >= 11 is 0. The Morgan fingerprint density at radius 3 is 2.53 bits per heavy atom. The van der Waals surface area contributed by atoms with E-state index in [0.29, 0.717) is 6.29 Å². The third-order valence-electron chi connectivity index (χ3n) is 1.93. The van der Waals surface area contributed by atoms with Crippen LogP contribution >= 0.6 is 0 Å². The van der Waals surface area contributed by atoms with Crippen LogP contribution in [0.4, 0.5) is 13.2 Å². The average Bonchev–Trinajstić information content (AvgIpc) is 2.22. The van der Waals surface area contributed by atoms with E-state index in [2.05, 4.69) is 4.74 Å². The highest BCUT2D eigenvalue weighted by molar-refractivity contribution is 5.50. The molecule has 1 aromatic carbocycles. The normalized spacial score (nSPS) is 10.1. The van der Waals surface area contributed by atoms with Gasteiger partial charge in [-0.1, -0.05) is 0 Å². The highest BCUT2D eigenvalue weighted by Crippen LogP contribution is 2.27. The van der Waals surface area contributed by atoms with Gasteiger partial charge >= 0.3 is 0 Å². The molecule has 0 bridgehead atoms. The lowest BCUT2D eigenvalue weighted by molar-refractivity contribution is -0.107. The van der Waals surface area contributed by atoms with Crippen LogP contribution in [-0.4, -0.2) is 13.4 Å². The molecule has 0 atom stereocenters. The van der Waals surface area contributed by atoms with Gasteiger partial charge in [-0.05, 0) is 18.1 Å². The van der Waals surface area contributed by atoms with Crippen molar-refractivity contribution in [3.8, 4) is 5.75 Å². The standard InChI is InChI=1S/C10H9F3O2/c1-15-10-8(12)6(3-2-4-14)5-7(11)9(10)13/h4-5H,2-3H2,1H3. The van der Waals surface area contributed by atoms with Crippen LogP contribution in [0.25, 0.3) is 0 Å². The van der Waals surface area contributed by atoms with Gasteiger partial charge in [0.1, 0.15) is 6.29 Å². The summed E-state index contributed by atoms with van der Waals surface area (Å²) in [5.74, 6) is -4.26. The molecule has 15 heavy (non-hydrogen) atoms. The number of carbonyl (C=O) groups excluding carboxylic acids is 1. The van der Waals surface area contributed by atoms with Crippen LogP contribution in [-0.2, 0) is 11.2 Å². The SMILES string of the molecule is COc1c(F)c(F)cc(CCC=O)c1F. The molecule has 0 saturated heterocycles. The summed E-state index contributed by atoms with van der Waals surface area (Å²) in [6.45, 7) is 0. The number of hydrogen-bond acceptors (Lipinski definition) is 2. The van der Waals surface area contributed by atoms with E-state index in [0.717, 1.165) is 13.2 Å². The average molecular weight is 218 g/mol. The molecule has 0 heterocycles. The molecule has 0 radical (unpaired) electrons. The maximum Gasteiger partial charge on any atom is 0.203 e. The summed E-state index contributed by atoms with van der Waals surface area (Å²) in [7, 11) is 1.05. The van der Waals surface area contributed by atoms with Gasteiger partial charge < -0.3 is 9.53 Å². The minimum atomic E-state index is -1.36. The minimum Gasteiger partial charge on any atom is -0.491 e. The van der Waals surface area contributed by atoms with Gasteiger partial charge in [-0.25, -0.2) is 8.78 Å². The zero-order chi connectivity index (χ0) is 11.4. The number of benzene rings is 1. The third kappa shape index (κ3) is 2.29. The summed E-state index contributed by atoms with van der Waals surface area (Å²) in [5, 5.41) is 0. The van der Waals surface area contributed by atoms with E-state index in [1.165, 1.54) is 0 Å². The molecule has 82 valence electrons. The number of halogens is 3. The molecule has 1 rings (SSSR count). The van der Waals surface area contributed by atoms with Crippen LogP contribution < -0.4 is 4.74 Å². The van der Waals surface area contributed by atoms with Crippen LogP contribution in [0.1, 0.15) is 12.0 Å². The van der Waals surface area contributed by atoms with E-state index < -0.39 is 23.2 Å². The minimum absolute atomic E-state index is 0.0168. The van der Waals surface area contributed by atoms with Crippen LogP contribution in [0.5, 0.6) is 5.75 Å². The fraction of sp³-hybridized carbons (Fsp3) is 0.300. The van der Waals surface area contributed by atoms with Gasteiger partial charge in [0.15, 0.2) is 17.4 Å². The number of ether oxygens (including phenoxy) is 1. The highest BCUT2D eigenvalue weighted by Gasteiger charge is 2.18. The van der Waals surface area contributed by atoms with E-state index in [1.807, 2.05) is 0 Å². The quantitative estimate of drug-likeness (QED) is 0.572. The van der Waals surface area contributed by atoms with Crippen molar-refractivity contribution in [1.82, 2.24) is 0 Å². The fourth-order valence-electron chi connectivity index (χ4n) is 1.21. The third-order valence-corrected chi connectivity index (χ3v) is 1.93. The van der Waals surface area contributed by atoms with Gasteiger partial charge in [-0.3, -0.25) is 0 Å². The monoisotopic (exact) mass is 218 g/mol. The first kappa shape index (κ1) is 11.6. The molecule has 0 spiro atoms. The lowest BCUT2D eigenvalue weighted by Crippen LogP contribution is -2.01. The molecule has 0 amide bonds. The number of rotatable bonds is 4. The second kappa shape index (κ2) is 4.82. The van der Waals surface area contributed by atoms with Crippen molar-refractivity contribution >= 4 is 6.29 Å². The number of aldehydes is 1. The van der Waals surface area contributed by atoms with Crippen molar-refractivity contribution in [1.29, 1.82) is 0 Å². The van der Waals surface area contributed by atoms with Crippen LogP contribution in [0.15, 0.2) is 6.07 Å². The van der Waals surface area contributed by atoms with E-state index in [1.54, 1.807) is 0 Å². The Bertz CT molecular complexity index is 377. The Kier molecular flexibility index (Phi) is 3.71. The first-order valence-corrected chi connectivity index (χ1v) is 4.25. The molecule has 0 aliphatic carbocycles. The van der Waals surface area contributed by atoms with Crippen LogP contribution in [0, 0.1) is 17.5 Å². The number of methoxy groups -OCH3 is 1. The molecule has 1 aromatic rings. The van der Waals surface area contributed by atoms with E-state index in [-0.39, 0.29) is 18.4 Å². The maximum atomic E-state index is 13.4. The van der Waals surface area contributed by atoms with Gasteiger partial charge in [0.25, 0.3) is 0 Å². The molecule has 0 aliphatic heterocycles. The fourth-order valence-corrected chi connectivity index (χ4v) is 1.21. The number of carbonyl (C=O) groups is 1. The Balaban J connectivity index is 3.17. The van der Waals surface area contributed by atoms with Crippen molar-refractivity contribution in [3.05, 3.63) is 29.1 Å². The van der Waals surface area contributed by atoms with E-state index >= 15 is 0 Å². The van der Waals surface area contributed by atoms with Gasteiger partial charge in [-0.15, -0.1) is 0 Å². The Hall–Kier alpha value is -1.52. The molecule has 0 fully saturated rings. The largest absolute Gasteiger partial charge is 0.491 e. The van der Waals surface area contributed by atoms with Crippen molar-refractivity contribution in [2.45, 2.75) is 12.8 Å². The zero-order valence-electron chi connectivity index (χ0n) is 8.02. The molecular formula is C10H9F3O2. The Labute approximate surface area is 84.7 Å². The van der Waals surface area contributed by atoms with Gasteiger partial charge in [-0.2, -0.15) is 4.39 Å². The van der Waals surface area contributed by atoms with Gasteiger partial charge in [0, 0.05) is 6.42 Å². The summed E-state index contributed by atoms with van der Waals surface area (Å²) in [6, 6.07) is 0.733. The van der Waals surface area contributed by atoms with Crippen molar-refractivity contribution in [2.75, 3.05) is 7.11 Å². The maximum absolute atomic E-state index is 13.4. The Morgan fingerprint density at radius 1 is 1.33 bits per heavy atom. The second-order valence-electron chi connectivity index (χ2n) is 2.88. The van der Waals surface area contributed by atoms with Crippen LogP contribution in [0.3, 0.4) is 0 Å². The highest BCUT2D eigenvalue weighted by atomic mass is 19.2. The lowest BCUT2D eigenvalue weighted by Gasteiger charge is -2.08. The molecule has 5 heteroatoms. The van der Waals surface area contributed by atoms with E-state index in [9.17, 15) is 18.0 Å². The Morgan fingerprint density at radius 2 is 2.00 bits per heavy atom. The second-order valence-corrected chi connectivity index (χ2v) is 2.88. The van der Waals surface area contributed by atoms with Crippen molar-refractivity contribution < 1.29 is 22.7 Å². The molecule has 2 nitrogen and oxygen atoms in total. The summed E-state index contributed by atoms with van der Waals surface area (Å²) in [6.07, 6.45) is 0.640. The summed E-state index contributed by atoms with van der Waals surface area (Å²) in [4.78, 5) is 10.1. The molecule has 0 aliphatic rings. The number of hydrogen-bond donors (Lipinski definition) is 0. The number of aryl methyl sites for hydroxylation is 1. The molecular weight excluding hydrogens is 209 g/mol.